The molecule has 39 heavy (non-hydrogen) atoms. The van der Waals surface area contributed by atoms with Crippen LogP contribution in [0, 0.1) is 26.0 Å². The second kappa shape index (κ2) is 13.8. The van der Waals surface area contributed by atoms with Crippen LogP contribution in [-0.4, -0.2) is 39.8 Å². The van der Waals surface area contributed by atoms with Gasteiger partial charge in [0, 0.05) is 29.0 Å². The van der Waals surface area contributed by atoms with Crippen molar-refractivity contribution >= 4 is 29.1 Å². The largest absolute Gasteiger partial charge is 0.480 e. The van der Waals surface area contributed by atoms with Gasteiger partial charge >= 0.3 is 11.7 Å². The van der Waals surface area contributed by atoms with Gasteiger partial charge in [-0.1, -0.05) is 84.9 Å². The molecule has 0 aliphatic carbocycles. The van der Waals surface area contributed by atoms with Crippen LogP contribution in [0.15, 0.2) is 102 Å². The molecule has 4 rings (SSSR count). The third-order valence-electron chi connectivity index (χ3n) is 5.58. The molecule has 0 aromatic heterocycles. The average Bonchev–Trinajstić information content (AvgIpc) is 2.94. The maximum atomic E-state index is 13.8. The van der Waals surface area contributed by atoms with E-state index < -0.39 is 33.4 Å². The van der Waals surface area contributed by atoms with E-state index >= 15 is 0 Å². The molecule has 0 aliphatic rings. The zero-order chi connectivity index (χ0) is 28.4. The van der Waals surface area contributed by atoms with Crippen molar-refractivity contribution in [2.75, 3.05) is 12.8 Å². The van der Waals surface area contributed by atoms with Gasteiger partial charge in [-0.05, 0) is 18.2 Å². The van der Waals surface area contributed by atoms with Crippen molar-refractivity contribution in [3.8, 4) is 22.3 Å². The fourth-order valence-electron chi connectivity index (χ4n) is 3.61. The van der Waals surface area contributed by atoms with Crippen molar-refractivity contribution < 1.29 is 24.1 Å². The van der Waals surface area contributed by atoms with Gasteiger partial charge in [0.2, 0.25) is 5.82 Å². The molecule has 0 aliphatic heterocycles. The minimum atomic E-state index is -0.986. The van der Waals surface area contributed by atoms with Crippen molar-refractivity contribution in [2.24, 2.45) is 0 Å². The maximum absolute atomic E-state index is 13.8. The molecule has 0 heterocycles. The van der Waals surface area contributed by atoms with E-state index in [2.05, 4.69) is 5.32 Å². The first-order valence-electron chi connectivity index (χ1n) is 11.6. The molecule has 0 fully saturated rings. The Balaban J connectivity index is 0.000000230. The normalized spacial score (nSPS) is 11.1. The lowest BCUT2D eigenvalue weighted by Gasteiger charge is -2.13. The summed E-state index contributed by atoms with van der Waals surface area (Å²) in [6.07, 6.45) is 0. The predicted molar refractivity (Wildman–Crippen MR) is 148 cm³/mol. The van der Waals surface area contributed by atoms with E-state index in [0.29, 0.717) is 10.5 Å². The summed E-state index contributed by atoms with van der Waals surface area (Å²) in [5.74, 6) is -1.59. The van der Waals surface area contributed by atoms with Gasteiger partial charge in [-0.25, -0.2) is 0 Å². The monoisotopic (exact) mass is 549 g/mol. The smallest absolute Gasteiger partial charge is 0.321 e. The quantitative estimate of drug-likeness (QED) is 0.139. The van der Waals surface area contributed by atoms with Crippen molar-refractivity contribution in [1.82, 2.24) is 5.32 Å². The van der Waals surface area contributed by atoms with Gasteiger partial charge in [0.15, 0.2) is 0 Å². The summed E-state index contributed by atoms with van der Waals surface area (Å²) in [7, 11) is 1.55. The van der Waals surface area contributed by atoms with Gasteiger partial charge in [0.25, 0.3) is 5.69 Å². The second-order valence-corrected chi connectivity index (χ2v) is 9.06. The molecule has 4 aromatic rings. The highest BCUT2D eigenvalue weighted by Gasteiger charge is 2.22. The first kappa shape index (κ1) is 29.0. The van der Waals surface area contributed by atoms with E-state index in [1.807, 2.05) is 30.3 Å². The highest BCUT2D eigenvalue weighted by atomic mass is 32.2. The Bertz CT molecular complexity index is 1450. The third kappa shape index (κ3) is 7.46. The van der Waals surface area contributed by atoms with Gasteiger partial charge in [0.05, 0.1) is 14.7 Å². The fourth-order valence-corrected chi connectivity index (χ4v) is 4.89. The Morgan fingerprint density at radius 1 is 0.821 bits per heavy atom. The number of nitro benzene ring substituents is 2. The SMILES string of the molecule is CN[C@@H](CSc1c(-c2ccccc2)cccc1[N+](=O)[O-])C(=O)O.O=[N+]([O-])c1cccc(-c2ccccc2)c1F. The van der Waals surface area contributed by atoms with Crippen LogP contribution < -0.4 is 5.32 Å². The van der Waals surface area contributed by atoms with Crippen LogP contribution in [0.4, 0.5) is 15.8 Å². The molecule has 1 atom stereocenters. The Morgan fingerprint density at radius 3 is 1.79 bits per heavy atom. The van der Waals surface area contributed by atoms with E-state index in [0.717, 1.165) is 17.2 Å². The van der Waals surface area contributed by atoms with E-state index in [4.69, 9.17) is 5.11 Å². The Morgan fingerprint density at radius 2 is 1.31 bits per heavy atom. The number of rotatable bonds is 9. The number of nitrogens with zero attached hydrogens (tertiary/aromatic N) is 2. The lowest BCUT2D eigenvalue weighted by Crippen LogP contribution is -2.36. The number of hydrogen-bond acceptors (Lipinski definition) is 7. The molecule has 2 N–H and O–H groups in total. The fraction of sp³-hybridized carbons (Fsp3) is 0.107. The van der Waals surface area contributed by atoms with Gasteiger partial charge in [-0.15, -0.1) is 11.8 Å². The number of carboxylic acids is 1. The predicted octanol–water partition coefficient (Wildman–Crippen LogP) is 6.43. The molecular formula is C28H24FN3O6S. The summed E-state index contributed by atoms with van der Waals surface area (Å²) in [5.41, 5.74) is 1.94. The molecule has 200 valence electrons. The van der Waals surface area contributed by atoms with Crippen LogP contribution in [-0.2, 0) is 4.79 Å². The van der Waals surface area contributed by atoms with Gasteiger partial charge in [0.1, 0.15) is 6.04 Å². The number of thioether (sulfide) groups is 1. The molecule has 0 saturated carbocycles. The summed E-state index contributed by atoms with van der Waals surface area (Å²) in [6, 6.07) is 26.3. The Hall–Kier alpha value is -4.61. The van der Waals surface area contributed by atoms with E-state index in [-0.39, 0.29) is 17.0 Å². The molecule has 11 heteroatoms. The number of nitro groups is 2. The van der Waals surface area contributed by atoms with Gasteiger partial charge in [-0.3, -0.25) is 25.0 Å². The van der Waals surface area contributed by atoms with Crippen molar-refractivity contribution in [2.45, 2.75) is 10.9 Å². The zero-order valence-electron chi connectivity index (χ0n) is 20.7. The summed E-state index contributed by atoms with van der Waals surface area (Å²) >= 11 is 1.17. The summed E-state index contributed by atoms with van der Waals surface area (Å²) in [4.78, 5) is 32.3. The number of benzene rings is 4. The molecular weight excluding hydrogens is 525 g/mol. The lowest BCUT2D eigenvalue weighted by atomic mass is 10.0. The van der Waals surface area contributed by atoms with Crippen molar-refractivity contribution in [1.29, 1.82) is 0 Å². The molecule has 0 radical (unpaired) electrons. The summed E-state index contributed by atoms with van der Waals surface area (Å²) < 4.78 is 13.8. The highest BCUT2D eigenvalue weighted by Crippen LogP contribution is 2.38. The third-order valence-corrected chi connectivity index (χ3v) is 6.79. The molecule has 0 spiro atoms. The number of hydrogen-bond donors (Lipinski definition) is 2. The van der Waals surface area contributed by atoms with Crippen molar-refractivity contribution in [3.63, 3.8) is 0 Å². The summed E-state index contributed by atoms with van der Waals surface area (Å²) in [6.45, 7) is 0. The first-order valence-corrected chi connectivity index (χ1v) is 12.6. The lowest BCUT2D eigenvalue weighted by molar-refractivity contribution is -0.387. The molecule has 0 bridgehead atoms. The van der Waals surface area contributed by atoms with Crippen molar-refractivity contribution in [3.05, 3.63) is 123 Å². The molecule has 4 aromatic carbocycles. The van der Waals surface area contributed by atoms with Crippen LogP contribution in [0.2, 0.25) is 0 Å². The van der Waals surface area contributed by atoms with Crippen LogP contribution in [0.25, 0.3) is 22.3 Å². The maximum Gasteiger partial charge on any atom is 0.321 e. The van der Waals surface area contributed by atoms with E-state index in [1.54, 1.807) is 49.5 Å². The topological polar surface area (TPSA) is 136 Å². The first-order chi connectivity index (χ1) is 18.7. The zero-order valence-corrected chi connectivity index (χ0v) is 21.5. The van der Waals surface area contributed by atoms with Crippen LogP contribution >= 0.6 is 11.8 Å². The average molecular weight is 550 g/mol. The minimum Gasteiger partial charge on any atom is -0.480 e. The Labute approximate surface area is 227 Å². The van der Waals surface area contributed by atoms with Crippen LogP contribution in [0.1, 0.15) is 0 Å². The second-order valence-electron chi connectivity index (χ2n) is 8.03. The minimum absolute atomic E-state index is 0.0170. The number of nitrogens with one attached hydrogen (secondary N) is 1. The molecule has 9 nitrogen and oxygen atoms in total. The highest BCUT2D eigenvalue weighted by molar-refractivity contribution is 7.99. The van der Waals surface area contributed by atoms with Crippen LogP contribution in [0.3, 0.4) is 0 Å². The van der Waals surface area contributed by atoms with E-state index in [9.17, 15) is 29.4 Å². The Kier molecular flexibility index (Phi) is 10.2. The summed E-state index contributed by atoms with van der Waals surface area (Å²) in [5, 5.41) is 33.7. The molecule has 0 saturated heterocycles. The number of aliphatic carboxylic acids is 1. The van der Waals surface area contributed by atoms with Crippen LogP contribution in [0.5, 0.6) is 0 Å². The number of carboxylic acid groups (broad SMARTS) is 1. The molecule has 0 unspecified atom stereocenters. The number of carbonyl (C=O) groups is 1. The number of likely N-dealkylation sites (N-methyl/N-ethyl adjacent to an activating group) is 1. The van der Waals surface area contributed by atoms with Gasteiger partial charge in [-0.2, -0.15) is 4.39 Å². The van der Waals surface area contributed by atoms with E-state index in [1.165, 1.54) is 30.0 Å². The standard InChI is InChI=1S/C16H16N2O4S.C12H8FNO2/c1-17-13(16(19)20)10-23-15-12(11-6-3-2-4-7-11)8-5-9-14(15)18(21)22;13-12-10(9-5-2-1-3-6-9)7-4-8-11(12)14(15)16/h2-9,13,17H,10H2,1H3,(H,19,20);1-8H/t13-;/m0./s1. The van der Waals surface area contributed by atoms with Gasteiger partial charge < -0.3 is 10.4 Å². The number of halogens is 1. The molecule has 0 amide bonds.